The maximum atomic E-state index is 3.71. The Hall–Kier alpha value is -0.0800. The van der Waals surface area contributed by atoms with Crippen molar-refractivity contribution in [1.29, 1.82) is 0 Å². The third-order valence-corrected chi connectivity index (χ3v) is 4.39. The van der Waals surface area contributed by atoms with E-state index in [1.165, 1.54) is 45.3 Å². The zero-order valence-electron chi connectivity index (χ0n) is 12.1. The van der Waals surface area contributed by atoms with Crippen molar-refractivity contribution in [2.75, 3.05) is 19.6 Å². The van der Waals surface area contributed by atoms with Crippen LogP contribution in [0.3, 0.4) is 0 Å². The van der Waals surface area contributed by atoms with E-state index in [1.54, 1.807) is 0 Å². The topological polar surface area (TPSA) is 15.3 Å². The summed E-state index contributed by atoms with van der Waals surface area (Å²) in [7, 11) is 0. The summed E-state index contributed by atoms with van der Waals surface area (Å²) in [6.45, 7) is 13.1. The molecule has 2 fully saturated rings. The predicted octanol–water partition coefficient (Wildman–Crippen LogP) is 2.89. The lowest BCUT2D eigenvalue weighted by molar-refractivity contribution is 0.0538. The van der Waals surface area contributed by atoms with Crippen molar-refractivity contribution in [3.8, 4) is 0 Å². The van der Waals surface area contributed by atoms with Gasteiger partial charge in [0.2, 0.25) is 0 Å². The standard InChI is InChI=1S/C15H30N2/c1-12(2)8-14-9-16-15(3,4)11-17(14)10-13-6-5-7-13/h12-14,16H,5-11H2,1-4H3. The molecule has 0 spiro atoms. The summed E-state index contributed by atoms with van der Waals surface area (Å²) in [4.78, 5) is 2.78. The van der Waals surface area contributed by atoms with Crippen LogP contribution in [-0.4, -0.2) is 36.1 Å². The first-order valence-electron chi connectivity index (χ1n) is 7.45. The van der Waals surface area contributed by atoms with Gasteiger partial charge in [0.05, 0.1) is 0 Å². The Morgan fingerprint density at radius 2 is 2.00 bits per heavy atom. The largest absolute Gasteiger partial charge is 0.309 e. The highest BCUT2D eigenvalue weighted by molar-refractivity contribution is 4.93. The summed E-state index contributed by atoms with van der Waals surface area (Å²) in [5, 5.41) is 3.71. The average molecular weight is 238 g/mol. The first-order chi connectivity index (χ1) is 7.96. The number of hydrogen-bond donors (Lipinski definition) is 1. The lowest BCUT2D eigenvalue weighted by Gasteiger charge is -2.47. The fourth-order valence-electron chi connectivity index (χ4n) is 3.21. The first kappa shape index (κ1) is 13.4. The molecule has 0 bridgehead atoms. The number of nitrogens with one attached hydrogen (secondary N) is 1. The van der Waals surface area contributed by atoms with Crippen LogP contribution >= 0.6 is 0 Å². The molecule has 1 unspecified atom stereocenters. The molecule has 1 saturated heterocycles. The van der Waals surface area contributed by atoms with Crippen molar-refractivity contribution in [2.45, 2.75) is 65.0 Å². The van der Waals surface area contributed by atoms with Gasteiger partial charge in [-0.1, -0.05) is 20.3 Å². The van der Waals surface area contributed by atoms with Crippen molar-refractivity contribution < 1.29 is 0 Å². The minimum Gasteiger partial charge on any atom is -0.309 e. The molecule has 0 radical (unpaired) electrons. The van der Waals surface area contributed by atoms with E-state index in [0.29, 0.717) is 5.54 Å². The molecule has 1 atom stereocenters. The first-order valence-corrected chi connectivity index (χ1v) is 7.45. The second kappa shape index (κ2) is 5.27. The highest BCUT2D eigenvalue weighted by Gasteiger charge is 2.34. The summed E-state index contributed by atoms with van der Waals surface area (Å²) in [6.07, 6.45) is 5.75. The molecule has 100 valence electrons. The predicted molar refractivity (Wildman–Crippen MR) is 74.2 cm³/mol. The van der Waals surface area contributed by atoms with Gasteiger partial charge >= 0.3 is 0 Å². The van der Waals surface area contributed by atoms with Crippen molar-refractivity contribution in [3.05, 3.63) is 0 Å². The minimum absolute atomic E-state index is 0.303. The van der Waals surface area contributed by atoms with Gasteiger partial charge in [0.1, 0.15) is 0 Å². The number of hydrogen-bond acceptors (Lipinski definition) is 2. The van der Waals surface area contributed by atoms with Gasteiger partial charge in [0, 0.05) is 31.2 Å². The van der Waals surface area contributed by atoms with E-state index in [9.17, 15) is 0 Å². The van der Waals surface area contributed by atoms with Gasteiger partial charge in [-0.2, -0.15) is 0 Å². The van der Waals surface area contributed by atoms with E-state index < -0.39 is 0 Å². The fraction of sp³-hybridized carbons (Fsp3) is 1.00. The Morgan fingerprint density at radius 3 is 2.53 bits per heavy atom. The van der Waals surface area contributed by atoms with Gasteiger partial charge in [-0.05, 0) is 44.9 Å². The molecular formula is C15H30N2. The van der Waals surface area contributed by atoms with Gasteiger partial charge in [-0.3, -0.25) is 4.90 Å². The Bertz CT molecular complexity index is 243. The molecule has 1 aliphatic carbocycles. The van der Waals surface area contributed by atoms with Crippen LogP contribution in [-0.2, 0) is 0 Å². The monoisotopic (exact) mass is 238 g/mol. The van der Waals surface area contributed by atoms with Gasteiger partial charge in [0.25, 0.3) is 0 Å². The third-order valence-electron chi connectivity index (χ3n) is 4.39. The Morgan fingerprint density at radius 1 is 1.29 bits per heavy atom. The lowest BCUT2D eigenvalue weighted by atomic mass is 9.83. The average Bonchev–Trinajstić information content (AvgIpc) is 2.14. The Balaban J connectivity index is 1.92. The van der Waals surface area contributed by atoms with Crippen LogP contribution in [0.2, 0.25) is 0 Å². The summed E-state index contributed by atoms with van der Waals surface area (Å²) in [5.41, 5.74) is 0.303. The van der Waals surface area contributed by atoms with E-state index in [-0.39, 0.29) is 0 Å². The summed E-state index contributed by atoms with van der Waals surface area (Å²) < 4.78 is 0. The van der Waals surface area contributed by atoms with Gasteiger partial charge in [-0.15, -0.1) is 0 Å². The van der Waals surface area contributed by atoms with Crippen LogP contribution in [0.1, 0.15) is 53.4 Å². The number of nitrogens with zero attached hydrogens (tertiary/aromatic N) is 1. The summed E-state index contributed by atoms with van der Waals surface area (Å²) in [6, 6.07) is 0.767. The third kappa shape index (κ3) is 3.69. The molecule has 0 aromatic carbocycles. The molecule has 17 heavy (non-hydrogen) atoms. The van der Waals surface area contributed by atoms with Crippen LogP contribution in [0.4, 0.5) is 0 Å². The zero-order chi connectivity index (χ0) is 12.5. The lowest BCUT2D eigenvalue weighted by Crippen LogP contribution is -2.62. The molecule has 1 heterocycles. The second-order valence-corrected chi connectivity index (χ2v) is 7.27. The zero-order valence-corrected chi connectivity index (χ0v) is 12.1. The Kier molecular flexibility index (Phi) is 4.14. The van der Waals surface area contributed by atoms with Crippen molar-refractivity contribution in [1.82, 2.24) is 10.2 Å². The normalized spacial score (nSPS) is 30.5. The van der Waals surface area contributed by atoms with E-state index in [1.807, 2.05) is 0 Å². The number of rotatable bonds is 4. The minimum atomic E-state index is 0.303. The van der Waals surface area contributed by atoms with Crippen LogP contribution in [0.15, 0.2) is 0 Å². The van der Waals surface area contributed by atoms with E-state index in [2.05, 4.69) is 37.9 Å². The molecular weight excluding hydrogens is 208 g/mol. The quantitative estimate of drug-likeness (QED) is 0.810. The van der Waals surface area contributed by atoms with Gasteiger partial charge < -0.3 is 5.32 Å². The highest BCUT2D eigenvalue weighted by atomic mass is 15.2. The molecule has 0 aromatic heterocycles. The maximum Gasteiger partial charge on any atom is 0.0252 e. The number of piperazine rings is 1. The van der Waals surface area contributed by atoms with Crippen molar-refractivity contribution in [2.24, 2.45) is 11.8 Å². The molecule has 0 amide bonds. The van der Waals surface area contributed by atoms with E-state index in [4.69, 9.17) is 0 Å². The van der Waals surface area contributed by atoms with Crippen LogP contribution in [0, 0.1) is 11.8 Å². The highest BCUT2D eigenvalue weighted by Crippen LogP contribution is 2.30. The van der Waals surface area contributed by atoms with Crippen molar-refractivity contribution in [3.63, 3.8) is 0 Å². The summed E-state index contributed by atoms with van der Waals surface area (Å²) in [5.74, 6) is 1.81. The maximum absolute atomic E-state index is 3.71. The smallest absolute Gasteiger partial charge is 0.0252 e. The molecule has 0 aromatic rings. The Labute approximate surface area is 107 Å². The molecule has 2 rings (SSSR count). The summed E-state index contributed by atoms with van der Waals surface area (Å²) >= 11 is 0. The molecule has 2 nitrogen and oxygen atoms in total. The molecule has 1 aliphatic heterocycles. The fourth-order valence-corrected chi connectivity index (χ4v) is 3.21. The molecule has 2 aliphatic rings. The van der Waals surface area contributed by atoms with Crippen LogP contribution in [0.25, 0.3) is 0 Å². The van der Waals surface area contributed by atoms with E-state index in [0.717, 1.165) is 17.9 Å². The molecule has 2 heteroatoms. The van der Waals surface area contributed by atoms with Crippen molar-refractivity contribution >= 4 is 0 Å². The SMILES string of the molecule is CC(C)CC1CNC(C)(C)CN1CC1CCC1. The van der Waals surface area contributed by atoms with Gasteiger partial charge in [0.15, 0.2) is 0 Å². The van der Waals surface area contributed by atoms with Crippen LogP contribution < -0.4 is 5.32 Å². The van der Waals surface area contributed by atoms with Crippen LogP contribution in [0.5, 0.6) is 0 Å². The van der Waals surface area contributed by atoms with E-state index >= 15 is 0 Å². The molecule has 1 saturated carbocycles. The second-order valence-electron chi connectivity index (χ2n) is 7.27. The molecule has 1 N–H and O–H groups in total. The van der Waals surface area contributed by atoms with Gasteiger partial charge in [-0.25, -0.2) is 0 Å².